The minimum Gasteiger partial charge on any atom is -0.371 e. The van der Waals surface area contributed by atoms with Gasteiger partial charge in [0.2, 0.25) is 5.91 Å². The number of carbonyl (C=O) groups excluding carboxylic acids is 1. The fourth-order valence-corrected chi connectivity index (χ4v) is 6.01. The first-order chi connectivity index (χ1) is 17.5. The predicted molar refractivity (Wildman–Crippen MR) is 139 cm³/mol. The van der Waals surface area contributed by atoms with Gasteiger partial charge in [-0.3, -0.25) is 14.5 Å². The molecule has 1 aromatic heterocycles. The molecule has 7 rings (SSSR count). The Bertz CT molecular complexity index is 1340. The molecule has 2 saturated carbocycles. The first-order valence-corrected chi connectivity index (χ1v) is 13.4. The van der Waals surface area contributed by atoms with Gasteiger partial charge < -0.3 is 14.9 Å². The number of amidine groups is 1. The molecule has 1 amide bonds. The standard InChI is InChI=1S/C29H33N5O2/c1-32-25-9-8-23(16-24(25)17-30-32)20-2-4-21(5-3-20)26-31-29(12-13-29)28(36)34(26)18-19-10-14-33(15-11-19)27(35)22-6-7-22/h2-5,8-9,16-17,19,22,28,36H,6-7,10-15,18H2,1H3. The van der Waals surface area contributed by atoms with Gasteiger partial charge in [0.15, 0.2) is 6.23 Å². The van der Waals surface area contributed by atoms with Crippen LogP contribution in [-0.4, -0.2) is 67.8 Å². The van der Waals surface area contributed by atoms with Crippen LogP contribution in [0.3, 0.4) is 0 Å². The maximum atomic E-state index is 12.4. The Morgan fingerprint density at radius 2 is 1.69 bits per heavy atom. The first-order valence-electron chi connectivity index (χ1n) is 13.4. The van der Waals surface area contributed by atoms with Gasteiger partial charge in [0, 0.05) is 43.5 Å². The number of aromatic nitrogens is 2. The Kier molecular flexibility index (Phi) is 5.00. The number of nitrogens with zero attached hydrogens (tertiary/aromatic N) is 5. The lowest BCUT2D eigenvalue weighted by Crippen LogP contribution is -2.46. The Morgan fingerprint density at radius 3 is 2.39 bits per heavy atom. The topological polar surface area (TPSA) is 74.0 Å². The lowest BCUT2D eigenvalue weighted by molar-refractivity contribution is -0.134. The number of carbonyl (C=O) groups is 1. The summed E-state index contributed by atoms with van der Waals surface area (Å²) in [4.78, 5) is 21.7. The highest BCUT2D eigenvalue weighted by Crippen LogP contribution is 2.49. The van der Waals surface area contributed by atoms with Crippen LogP contribution < -0.4 is 0 Å². The molecule has 7 nitrogen and oxygen atoms in total. The van der Waals surface area contributed by atoms with Gasteiger partial charge in [-0.1, -0.05) is 30.3 Å². The molecule has 36 heavy (non-hydrogen) atoms. The summed E-state index contributed by atoms with van der Waals surface area (Å²) in [5.74, 6) is 2.04. The highest BCUT2D eigenvalue weighted by molar-refractivity contribution is 6.01. The number of amides is 1. The molecule has 0 bridgehead atoms. The second-order valence-electron chi connectivity index (χ2n) is 11.2. The minimum atomic E-state index is -0.550. The molecule has 7 heteroatoms. The number of aliphatic hydroxyl groups excluding tert-OH is 1. The molecule has 3 fully saturated rings. The van der Waals surface area contributed by atoms with Gasteiger partial charge in [0.25, 0.3) is 0 Å². The van der Waals surface area contributed by atoms with Crippen molar-refractivity contribution >= 4 is 22.6 Å². The second kappa shape index (κ2) is 8.17. The fourth-order valence-electron chi connectivity index (χ4n) is 6.01. The molecule has 2 aromatic carbocycles. The summed E-state index contributed by atoms with van der Waals surface area (Å²) in [5.41, 5.74) is 4.19. The monoisotopic (exact) mass is 483 g/mol. The van der Waals surface area contributed by atoms with Crippen molar-refractivity contribution in [1.82, 2.24) is 19.6 Å². The molecule has 1 saturated heterocycles. The van der Waals surface area contributed by atoms with Gasteiger partial charge in [-0.15, -0.1) is 0 Å². The van der Waals surface area contributed by atoms with Crippen LogP contribution in [0.15, 0.2) is 53.7 Å². The number of aryl methyl sites for hydroxylation is 1. The number of hydrogen-bond acceptors (Lipinski definition) is 5. The van der Waals surface area contributed by atoms with E-state index in [0.29, 0.717) is 17.7 Å². The molecule has 1 spiro atoms. The van der Waals surface area contributed by atoms with Crippen molar-refractivity contribution in [2.75, 3.05) is 19.6 Å². The lowest BCUT2D eigenvalue weighted by Gasteiger charge is -2.36. The minimum absolute atomic E-state index is 0.296. The molecule has 4 aliphatic rings. The van der Waals surface area contributed by atoms with Crippen molar-refractivity contribution in [2.24, 2.45) is 23.9 Å². The highest BCUT2D eigenvalue weighted by Gasteiger charge is 2.57. The van der Waals surface area contributed by atoms with E-state index in [1.165, 1.54) is 5.56 Å². The van der Waals surface area contributed by atoms with E-state index in [4.69, 9.17) is 4.99 Å². The number of likely N-dealkylation sites (tertiary alicyclic amines) is 1. The Balaban J connectivity index is 1.09. The number of hydrogen-bond donors (Lipinski definition) is 1. The number of rotatable bonds is 5. The summed E-state index contributed by atoms with van der Waals surface area (Å²) in [5, 5.41) is 16.7. The fraction of sp³-hybridized carbons (Fsp3) is 0.483. The molecule has 3 heterocycles. The van der Waals surface area contributed by atoms with E-state index >= 15 is 0 Å². The lowest BCUT2D eigenvalue weighted by atomic mass is 9.95. The number of aliphatic imine (C=N–C) groups is 1. The van der Waals surface area contributed by atoms with E-state index in [1.807, 2.05) is 17.9 Å². The summed E-state index contributed by atoms with van der Waals surface area (Å²) in [6.07, 6.45) is 7.38. The van der Waals surface area contributed by atoms with Crippen molar-refractivity contribution in [1.29, 1.82) is 0 Å². The van der Waals surface area contributed by atoms with Crippen LogP contribution in [-0.2, 0) is 11.8 Å². The van der Waals surface area contributed by atoms with E-state index in [-0.39, 0.29) is 5.54 Å². The summed E-state index contributed by atoms with van der Waals surface area (Å²) < 4.78 is 1.89. The Labute approximate surface area is 211 Å². The molecule has 2 aliphatic heterocycles. The molecule has 186 valence electrons. The summed E-state index contributed by atoms with van der Waals surface area (Å²) >= 11 is 0. The van der Waals surface area contributed by atoms with E-state index in [0.717, 1.165) is 86.0 Å². The maximum absolute atomic E-state index is 12.4. The van der Waals surface area contributed by atoms with Crippen LogP contribution in [0.4, 0.5) is 0 Å². The third kappa shape index (κ3) is 3.72. The van der Waals surface area contributed by atoms with Crippen molar-refractivity contribution in [3.05, 3.63) is 54.2 Å². The van der Waals surface area contributed by atoms with Crippen LogP contribution in [0.1, 0.15) is 44.1 Å². The van der Waals surface area contributed by atoms with Gasteiger partial charge in [0.05, 0.1) is 11.7 Å². The quantitative estimate of drug-likeness (QED) is 0.599. The van der Waals surface area contributed by atoms with Crippen molar-refractivity contribution in [2.45, 2.75) is 50.3 Å². The Morgan fingerprint density at radius 1 is 1.00 bits per heavy atom. The summed E-state index contributed by atoms with van der Waals surface area (Å²) in [6, 6.07) is 15.0. The molecule has 0 radical (unpaired) electrons. The van der Waals surface area contributed by atoms with Crippen molar-refractivity contribution in [3.63, 3.8) is 0 Å². The van der Waals surface area contributed by atoms with Crippen LogP contribution in [0.2, 0.25) is 0 Å². The zero-order valence-corrected chi connectivity index (χ0v) is 20.8. The summed E-state index contributed by atoms with van der Waals surface area (Å²) in [6.45, 7) is 2.49. The van der Waals surface area contributed by atoms with Crippen LogP contribution in [0.5, 0.6) is 0 Å². The third-order valence-corrected chi connectivity index (χ3v) is 8.67. The van der Waals surface area contributed by atoms with Gasteiger partial charge in [0.1, 0.15) is 11.4 Å². The second-order valence-corrected chi connectivity index (χ2v) is 11.2. The first kappa shape index (κ1) is 22.0. The highest BCUT2D eigenvalue weighted by atomic mass is 16.3. The molecule has 1 N–H and O–H groups in total. The van der Waals surface area contributed by atoms with Gasteiger partial charge in [-0.25, -0.2) is 0 Å². The van der Waals surface area contributed by atoms with E-state index in [9.17, 15) is 9.90 Å². The molecule has 3 aromatic rings. The average Bonchev–Trinajstić information content (AvgIpc) is 3.84. The largest absolute Gasteiger partial charge is 0.371 e. The number of fused-ring (bicyclic) bond motifs is 1. The van der Waals surface area contributed by atoms with Crippen LogP contribution >= 0.6 is 0 Å². The molecular formula is C29H33N5O2. The summed E-state index contributed by atoms with van der Waals surface area (Å²) in [7, 11) is 1.96. The number of aliphatic hydroxyl groups is 1. The molecular weight excluding hydrogens is 450 g/mol. The number of piperidine rings is 1. The zero-order valence-electron chi connectivity index (χ0n) is 20.8. The van der Waals surface area contributed by atoms with Crippen LogP contribution in [0, 0.1) is 11.8 Å². The van der Waals surface area contributed by atoms with E-state index in [1.54, 1.807) is 0 Å². The zero-order chi connectivity index (χ0) is 24.4. The maximum Gasteiger partial charge on any atom is 0.225 e. The van der Waals surface area contributed by atoms with Gasteiger partial charge in [-0.2, -0.15) is 5.10 Å². The SMILES string of the molecule is Cn1ncc2cc(-c3ccc(C4=NC5(CC5)C(O)N4CC4CCN(C(=O)C5CC5)CC4)cc3)ccc21. The smallest absolute Gasteiger partial charge is 0.225 e. The van der Waals surface area contributed by atoms with Crippen molar-refractivity contribution < 1.29 is 9.90 Å². The number of benzene rings is 2. The van der Waals surface area contributed by atoms with Crippen molar-refractivity contribution in [3.8, 4) is 11.1 Å². The molecule has 2 aliphatic carbocycles. The third-order valence-electron chi connectivity index (χ3n) is 8.67. The van der Waals surface area contributed by atoms with Gasteiger partial charge in [-0.05, 0) is 67.7 Å². The molecule has 1 atom stereocenters. The van der Waals surface area contributed by atoms with E-state index < -0.39 is 6.23 Å². The Hall–Kier alpha value is -3.19. The average molecular weight is 484 g/mol. The molecule has 1 unspecified atom stereocenters. The normalized spacial score (nSPS) is 23.5. The van der Waals surface area contributed by atoms with Gasteiger partial charge >= 0.3 is 0 Å². The van der Waals surface area contributed by atoms with E-state index in [2.05, 4.69) is 57.4 Å². The predicted octanol–water partition coefficient (Wildman–Crippen LogP) is 3.80. The van der Waals surface area contributed by atoms with Crippen LogP contribution in [0.25, 0.3) is 22.0 Å².